The highest BCUT2D eigenvalue weighted by molar-refractivity contribution is 5.99. The van der Waals surface area contributed by atoms with Gasteiger partial charge in [-0.05, 0) is 50.8 Å². The molecule has 2 aromatic carbocycles. The fourth-order valence-corrected chi connectivity index (χ4v) is 4.93. The number of amides is 3. The molecule has 9 nitrogen and oxygen atoms in total. The highest BCUT2D eigenvalue weighted by atomic mass is 16.5. The number of ether oxygens (including phenoxy) is 1. The molecule has 9 heteroatoms. The van der Waals surface area contributed by atoms with E-state index in [0.717, 1.165) is 17.5 Å². The molecule has 0 aromatic heterocycles. The molecule has 2 aliphatic rings. The van der Waals surface area contributed by atoms with Gasteiger partial charge in [0, 0.05) is 25.3 Å². The monoisotopic (exact) mass is 507 g/mol. The van der Waals surface area contributed by atoms with Crippen molar-refractivity contribution in [3.63, 3.8) is 0 Å². The summed E-state index contributed by atoms with van der Waals surface area (Å²) in [5.41, 5.74) is 2.97. The smallest absolute Gasteiger partial charge is 0.305 e. The second-order valence-electron chi connectivity index (χ2n) is 9.70. The molecule has 0 aliphatic carbocycles. The number of carboxylic acid groups (broad SMARTS) is 1. The number of benzene rings is 2. The molecule has 2 aromatic rings. The van der Waals surface area contributed by atoms with Crippen molar-refractivity contribution in [2.24, 2.45) is 0 Å². The highest BCUT2D eigenvalue weighted by Crippen LogP contribution is 2.25. The second-order valence-corrected chi connectivity index (χ2v) is 9.70. The molecule has 0 bridgehead atoms. The van der Waals surface area contributed by atoms with E-state index in [-0.39, 0.29) is 24.8 Å². The van der Waals surface area contributed by atoms with Crippen molar-refractivity contribution in [1.82, 2.24) is 15.1 Å². The lowest BCUT2D eigenvalue weighted by atomic mass is 10.0. The predicted octanol–water partition coefficient (Wildman–Crippen LogP) is 2.82. The van der Waals surface area contributed by atoms with Crippen LogP contribution in [0.4, 0.5) is 0 Å². The highest BCUT2D eigenvalue weighted by Gasteiger charge is 2.43. The van der Waals surface area contributed by atoms with Crippen LogP contribution < -0.4 is 5.32 Å². The van der Waals surface area contributed by atoms with E-state index in [2.05, 4.69) is 5.32 Å². The summed E-state index contributed by atoms with van der Waals surface area (Å²) in [5.74, 6) is -2.37. The molecule has 0 saturated carbocycles. The molecule has 3 unspecified atom stereocenters. The van der Waals surface area contributed by atoms with Gasteiger partial charge in [-0.15, -0.1) is 0 Å². The number of carboxylic acids is 1. The average molecular weight is 508 g/mol. The molecular formula is C28H33N3O6. The van der Waals surface area contributed by atoms with Crippen LogP contribution in [0.15, 0.2) is 48.5 Å². The van der Waals surface area contributed by atoms with Gasteiger partial charge in [0.15, 0.2) is 6.17 Å². The summed E-state index contributed by atoms with van der Waals surface area (Å²) in [5, 5.41) is 12.4. The minimum absolute atomic E-state index is 0.286. The summed E-state index contributed by atoms with van der Waals surface area (Å²) < 4.78 is 5.60. The first-order chi connectivity index (χ1) is 17.7. The number of hydrogen-bond donors (Lipinski definition) is 2. The lowest BCUT2D eigenvalue weighted by Gasteiger charge is -2.43. The minimum Gasteiger partial charge on any atom is -0.481 e. The molecule has 37 heavy (non-hydrogen) atoms. The number of aryl methyl sites for hydroxylation is 2. The van der Waals surface area contributed by atoms with Crippen LogP contribution in [0.3, 0.4) is 0 Å². The zero-order valence-corrected chi connectivity index (χ0v) is 21.2. The first kappa shape index (κ1) is 26.3. The van der Waals surface area contributed by atoms with Crippen LogP contribution in [0.2, 0.25) is 0 Å². The van der Waals surface area contributed by atoms with Gasteiger partial charge < -0.3 is 25.0 Å². The molecule has 0 radical (unpaired) electrons. The number of nitrogens with one attached hydrogen (secondary N) is 1. The van der Waals surface area contributed by atoms with Gasteiger partial charge in [0.2, 0.25) is 0 Å². The molecule has 3 amide bonds. The number of aliphatic carboxylic acids is 1. The molecule has 196 valence electrons. The van der Waals surface area contributed by atoms with Crippen molar-refractivity contribution >= 4 is 23.7 Å². The third-order valence-electron chi connectivity index (χ3n) is 6.81. The first-order valence-corrected chi connectivity index (χ1v) is 12.6. The van der Waals surface area contributed by atoms with Gasteiger partial charge in [-0.1, -0.05) is 47.5 Å². The van der Waals surface area contributed by atoms with Gasteiger partial charge in [-0.3, -0.25) is 19.2 Å². The van der Waals surface area contributed by atoms with Crippen LogP contribution in [0, 0.1) is 13.8 Å². The summed E-state index contributed by atoms with van der Waals surface area (Å²) in [6.07, 6.45) is -0.400. The molecule has 4 rings (SSSR count). The molecular weight excluding hydrogens is 474 g/mol. The summed E-state index contributed by atoms with van der Waals surface area (Å²) in [6, 6.07) is 13.5. The van der Waals surface area contributed by atoms with Gasteiger partial charge in [0.05, 0.1) is 12.5 Å². The van der Waals surface area contributed by atoms with Gasteiger partial charge in [-0.25, -0.2) is 0 Å². The maximum atomic E-state index is 13.8. The fourth-order valence-electron chi connectivity index (χ4n) is 4.93. The average Bonchev–Trinajstić information content (AvgIpc) is 3.42. The van der Waals surface area contributed by atoms with Gasteiger partial charge in [-0.2, -0.15) is 0 Å². The van der Waals surface area contributed by atoms with Crippen LogP contribution in [-0.4, -0.2) is 70.6 Å². The number of carbonyl (C=O) groups excluding carboxylic acids is 3. The van der Waals surface area contributed by atoms with Crippen LogP contribution in [0.25, 0.3) is 0 Å². The van der Waals surface area contributed by atoms with Gasteiger partial charge >= 0.3 is 5.97 Å². The van der Waals surface area contributed by atoms with Gasteiger partial charge in [0.1, 0.15) is 6.10 Å². The van der Waals surface area contributed by atoms with E-state index < -0.39 is 30.2 Å². The third-order valence-corrected chi connectivity index (χ3v) is 6.81. The van der Waals surface area contributed by atoms with E-state index in [4.69, 9.17) is 4.74 Å². The Morgan fingerprint density at radius 1 is 1.00 bits per heavy atom. The number of hydrogen-bond acceptors (Lipinski definition) is 5. The Hall–Kier alpha value is -3.72. The maximum Gasteiger partial charge on any atom is 0.305 e. The summed E-state index contributed by atoms with van der Waals surface area (Å²) in [4.78, 5) is 55.3. The standard InChI is InChI=1S/C28H33N3O6/c1-18-9-11-20(12-10-18)27(35)30-13-5-14-31(28(36)23-8-4-15-37-23)26(30)25(34)29-22(17-24(32)33)21-7-3-6-19(2)16-21/h3,6-7,9-12,16,22-23,26H,4-5,8,13-15,17H2,1-2H3,(H,29,34)(H,32,33). The Labute approximate surface area is 216 Å². The van der Waals surface area contributed by atoms with E-state index in [1.54, 1.807) is 24.3 Å². The summed E-state index contributed by atoms with van der Waals surface area (Å²) >= 11 is 0. The topological polar surface area (TPSA) is 116 Å². The zero-order valence-electron chi connectivity index (χ0n) is 21.2. The zero-order chi connectivity index (χ0) is 26.5. The van der Waals surface area contributed by atoms with E-state index in [1.165, 1.54) is 9.80 Å². The van der Waals surface area contributed by atoms with E-state index in [1.807, 2.05) is 38.1 Å². The molecule has 3 atom stereocenters. The van der Waals surface area contributed by atoms with Crippen molar-refractivity contribution in [1.29, 1.82) is 0 Å². The van der Waals surface area contributed by atoms with Crippen LogP contribution >= 0.6 is 0 Å². The Morgan fingerprint density at radius 2 is 1.73 bits per heavy atom. The lowest BCUT2D eigenvalue weighted by molar-refractivity contribution is -0.156. The Morgan fingerprint density at radius 3 is 2.38 bits per heavy atom. The third kappa shape index (κ3) is 6.17. The Balaban J connectivity index is 1.67. The van der Waals surface area contributed by atoms with Crippen LogP contribution in [0.1, 0.15) is 58.8 Å². The quantitative estimate of drug-likeness (QED) is 0.595. The molecule has 0 spiro atoms. The van der Waals surface area contributed by atoms with E-state index in [0.29, 0.717) is 37.1 Å². The van der Waals surface area contributed by atoms with Crippen molar-refractivity contribution in [3.05, 3.63) is 70.8 Å². The first-order valence-electron chi connectivity index (χ1n) is 12.6. The molecule has 2 saturated heterocycles. The van der Waals surface area contributed by atoms with Gasteiger partial charge in [0.25, 0.3) is 17.7 Å². The van der Waals surface area contributed by atoms with Crippen LogP contribution in [-0.2, 0) is 19.1 Å². The number of rotatable bonds is 7. The maximum absolute atomic E-state index is 13.8. The number of carbonyl (C=O) groups is 4. The minimum atomic E-state index is -1.22. The lowest BCUT2D eigenvalue weighted by Crippen LogP contribution is -2.65. The van der Waals surface area contributed by atoms with E-state index >= 15 is 0 Å². The van der Waals surface area contributed by atoms with Crippen molar-refractivity contribution < 1.29 is 29.0 Å². The largest absolute Gasteiger partial charge is 0.481 e. The summed E-state index contributed by atoms with van der Waals surface area (Å²) in [6.45, 7) is 4.85. The molecule has 2 heterocycles. The predicted molar refractivity (Wildman–Crippen MR) is 136 cm³/mol. The van der Waals surface area contributed by atoms with Crippen molar-refractivity contribution in [2.45, 2.75) is 57.8 Å². The van der Waals surface area contributed by atoms with Crippen LogP contribution in [0.5, 0.6) is 0 Å². The Bertz CT molecular complexity index is 1160. The molecule has 2 fully saturated rings. The summed E-state index contributed by atoms with van der Waals surface area (Å²) in [7, 11) is 0. The van der Waals surface area contributed by atoms with Crippen molar-refractivity contribution in [2.75, 3.05) is 19.7 Å². The number of nitrogens with zero attached hydrogens (tertiary/aromatic N) is 2. The second kappa shape index (κ2) is 11.6. The molecule has 2 aliphatic heterocycles. The fraction of sp³-hybridized carbons (Fsp3) is 0.429. The molecule has 2 N–H and O–H groups in total. The van der Waals surface area contributed by atoms with Crippen molar-refractivity contribution in [3.8, 4) is 0 Å². The Kier molecular flexibility index (Phi) is 8.23. The normalized spacial score (nSPS) is 20.4. The van der Waals surface area contributed by atoms with E-state index in [9.17, 15) is 24.3 Å². The SMILES string of the molecule is Cc1ccc(C(=O)N2CCCN(C(=O)C3CCCO3)C2C(=O)NC(CC(=O)O)c2cccc(C)c2)cc1.